The number of amides is 1. The molecule has 1 fully saturated rings. The molecule has 0 saturated carbocycles. The number of piperazine rings is 1. The summed E-state index contributed by atoms with van der Waals surface area (Å²) >= 11 is 0. The summed E-state index contributed by atoms with van der Waals surface area (Å²) in [7, 11) is 0. The second kappa shape index (κ2) is 13.2. The van der Waals surface area contributed by atoms with Crippen LogP contribution in [-0.2, 0) is 0 Å². The molecule has 1 aliphatic rings. The molecule has 0 aromatic heterocycles. The van der Waals surface area contributed by atoms with E-state index in [1.54, 1.807) is 0 Å². The second-order valence-corrected chi connectivity index (χ2v) is 7.21. The number of unbranched alkanes of at least 4 members (excludes halogenated alkanes) is 1. The Hall–Kier alpha value is -1.01. The Bertz CT molecular complexity index is 531. The van der Waals surface area contributed by atoms with Crippen molar-refractivity contribution in [2.45, 2.75) is 52.1 Å². The minimum atomic E-state index is -0.0252. The predicted octanol–water partition coefficient (Wildman–Crippen LogP) is 3.31. The average molecular weight is 419 g/mol. The van der Waals surface area contributed by atoms with Crippen molar-refractivity contribution in [1.29, 1.82) is 0 Å². The van der Waals surface area contributed by atoms with E-state index in [1.807, 2.05) is 12.1 Å². The first-order valence-corrected chi connectivity index (χ1v) is 9.65. The lowest BCUT2D eigenvalue weighted by molar-refractivity contribution is 0.0936. The molecule has 0 aliphatic carbocycles. The number of nitrogens with two attached hydrogens (primary N) is 1. The SMILES string of the molecule is CCCCC(CN)NC(=O)c1ccc(N2CCN(C(C)C)CC2)cc1.Cl.Cl. The van der Waals surface area contributed by atoms with E-state index >= 15 is 0 Å². The summed E-state index contributed by atoms with van der Waals surface area (Å²) in [6, 6.07) is 8.64. The highest BCUT2D eigenvalue weighted by molar-refractivity contribution is 5.94. The molecule has 5 nitrogen and oxygen atoms in total. The van der Waals surface area contributed by atoms with Gasteiger partial charge in [0.15, 0.2) is 0 Å². The van der Waals surface area contributed by atoms with Crippen molar-refractivity contribution in [1.82, 2.24) is 10.2 Å². The van der Waals surface area contributed by atoms with E-state index in [0.29, 0.717) is 18.2 Å². The van der Waals surface area contributed by atoms with Gasteiger partial charge in [0, 0.05) is 56.1 Å². The van der Waals surface area contributed by atoms with Gasteiger partial charge in [-0.05, 0) is 44.5 Å². The fourth-order valence-electron chi connectivity index (χ4n) is 3.29. The quantitative estimate of drug-likeness (QED) is 0.679. The number of halogens is 2. The van der Waals surface area contributed by atoms with Gasteiger partial charge in [-0.15, -0.1) is 24.8 Å². The van der Waals surface area contributed by atoms with Crippen LogP contribution >= 0.6 is 24.8 Å². The summed E-state index contributed by atoms with van der Waals surface area (Å²) in [5.41, 5.74) is 7.67. The predicted molar refractivity (Wildman–Crippen MR) is 120 cm³/mol. The minimum absolute atomic E-state index is 0. The fourth-order valence-corrected chi connectivity index (χ4v) is 3.29. The minimum Gasteiger partial charge on any atom is -0.369 e. The maximum atomic E-state index is 12.4. The normalized spacial score (nSPS) is 15.7. The van der Waals surface area contributed by atoms with Gasteiger partial charge in [-0.3, -0.25) is 9.69 Å². The molecule has 1 aromatic carbocycles. The van der Waals surface area contributed by atoms with Crippen LogP contribution in [0.3, 0.4) is 0 Å². The van der Waals surface area contributed by atoms with Crippen LogP contribution in [0.15, 0.2) is 24.3 Å². The van der Waals surface area contributed by atoms with Gasteiger partial charge in [0.2, 0.25) is 0 Å². The first kappa shape index (κ1) is 26.0. The van der Waals surface area contributed by atoms with E-state index in [9.17, 15) is 4.79 Å². The summed E-state index contributed by atoms with van der Waals surface area (Å²) < 4.78 is 0. The van der Waals surface area contributed by atoms with E-state index in [-0.39, 0.29) is 36.8 Å². The van der Waals surface area contributed by atoms with Gasteiger partial charge in [-0.25, -0.2) is 0 Å². The summed E-state index contributed by atoms with van der Waals surface area (Å²) in [4.78, 5) is 17.3. The zero-order chi connectivity index (χ0) is 18.2. The van der Waals surface area contributed by atoms with Gasteiger partial charge in [-0.1, -0.05) is 19.8 Å². The molecule has 2 rings (SSSR count). The second-order valence-electron chi connectivity index (χ2n) is 7.21. The maximum absolute atomic E-state index is 12.4. The van der Waals surface area contributed by atoms with Crippen molar-refractivity contribution in [3.05, 3.63) is 29.8 Å². The summed E-state index contributed by atoms with van der Waals surface area (Å²) in [5, 5.41) is 3.05. The van der Waals surface area contributed by atoms with Gasteiger partial charge in [-0.2, -0.15) is 0 Å². The third kappa shape index (κ3) is 7.86. The molecule has 3 N–H and O–H groups in total. The highest BCUT2D eigenvalue weighted by Gasteiger charge is 2.19. The molecule has 1 atom stereocenters. The van der Waals surface area contributed by atoms with Crippen LogP contribution in [0.1, 0.15) is 50.4 Å². The Morgan fingerprint density at radius 1 is 1.11 bits per heavy atom. The van der Waals surface area contributed by atoms with Gasteiger partial charge in [0.25, 0.3) is 5.91 Å². The molecule has 0 spiro atoms. The van der Waals surface area contributed by atoms with E-state index in [0.717, 1.165) is 45.4 Å². The van der Waals surface area contributed by atoms with Crippen LogP contribution in [0, 0.1) is 0 Å². The molecule has 156 valence electrons. The fraction of sp³-hybridized carbons (Fsp3) is 0.650. The van der Waals surface area contributed by atoms with Crippen LogP contribution in [0.25, 0.3) is 0 Å². The van der Waals surface area contributed by atoms with Gasteiger partial charge >= 0.3 is 0 Å². The number of carbonyl (C=O) groups is 1. The van der Waals surface area contributed by atoms with Gasteiger partial charge in [0.1, 0.15) is 0 Å². The van der Waals surface area contributed by atoms with E-state index < -0.39 is 0 Å². The topological polar surface area (TPSA) is 61.6 Å². The van der Waals surface area contributed by atoms with Crippen molar-refractivity contribution < 1.29 is 4.79 Å². The van der Waals surface area contributed by atoms with Crippen molar-refractivity contribution in [2.24, 2.45) is 5.73 Å². The van der Waals surface area contributed by atoms with E-state index in [2.05, 4.69) is 48.0 Å². The van der Waals surface area contributed by atoms with Crippen molar-refractivity contribution in [2.75, 3.05) is 37.6 Å². The lowest BCUT2D eigenvalue weighted by Crippen LogP contribution is -2.48. The number of carbonyl (C=O) groups excluding carboxylic acids is 1. The average Bonchev–Trinajstić information content (AvgIpc) is 2.65. The van der Waals surface area contributed by atoms with Crippen LogP contribution < -0.4 is 16.0 Å². The van der Waals surface area contributed by atoms with Crippen molar-refractivity contribution in [3.63, 3.8) is 0 Å². The Morgan fingerprint density at radius 2 is 1.70 bits per heavy atom. The Labute approximate surface area is 176 Å². The smallest absolute Gasteiger partial charge is 0.251 e. The molecule has 0 bridgehead atoms. The van der Waals surface area contributed by atoms with Crippen molar-refractivity contribution >= 4 is 36.4 Å². The number of nitrogens with one attached hydrogen (secondary N) is 1. The van der Waals surface area contributed by atoms with E-state index in [1.165, 1.54) is 5.69 Å². The highest BCUT2D eigenvalue weighted by Crippen LogP contribution is 2.18. The molecule has 1 amide bonds. The third-order valence-corrected chi connectivity index (χ3v) is 5.07. The number of hydrogen-bond acceptors (Lipinski definition) is 4. The summed E-state index contributed by atoms with van der Waals surface area (Å²) in [6.07, 6.45) is 3.14. The third-order valence-electron chi connectivity index (χ3n) is 5.07. The summed E-state index contributed by atoms with van der Waals surface area (Å²) in [5.74, 6) is -0.0252. The number of nitrogens with zero attached hydrogens (tertiary/aromatic N) is 2. The molecule has 1 aromatic rings. The molecule has 7 heteroatoms. The summed E-state index contributed by atoms with van der Waals surface area (Å²) in [6.45, 7) is 11.4. The first-order valence-electron chi connectivity index (χ1n) is 9.65. The van der Waals surface area contributed by atoms with Crippen LogP contribution in [-0.4, -0.2) is 55.6 Å². The highest BCUT2D eigenvalue weighted by atomic mass is 35.5. The van der Waals surface area contributed by atoms with Crippen LogP contribution in [0.4, 0.5) is 5.69 Å². The molecule has 1 heterocycles. The van der Waals surface area contributed by atoms with Gasteiger partial charge < -0.3 is 16.0 Å². The van der Waals surface area contributed by atoms with E-state index in [4.69, 9.17) is 5.73 Å². The van der Waals surface area contributed by atoms with Gasteiger partial charge in [0.05, 0.1) is 0 Å². The molecule has 0 radical (unpaired) electrons. The maximum Gasteiger partial charge on any atom is 0.251 e. The first-order chi connectivity index (χ1) is 12.0. The zero-order valence-electron chi connectivity index (χ0n) is 16.8. The molecule has 1 unspecified atom stereocenters. The Kier molecular flexibility index (Phi) is 12.7. The van der Waals surface area contributed by atoms with Crippen LogP contribution in [0.5, 0.6) is 0 Å². The molecule has 1 aliphatic heterocycles. The monoisotopic (exact) mass is 418 g/mol. The number of hydrogen-bond donors (Lipinski definition) is 2. The lowest BCUT2D eigenvalue weighted by atomic mass is 10.1. The standard InChI is InChI=1S/C20H34N4O.2ClH/c1-4-5-6-18(15-21)22-20(25)17-7-9-19(10-8-17)24-13-11-23(12-14-24)16(2)3;;/h7-10,16,18H,4-6,11-15,21H2,1-3H3,(H,22,25);2*1H. The number of rotatable bonds is 8. The molecule has 1 saturated heterocycles. The molecular weight excluding hydrogens is 383 g/mol. The number of benzene rings is 1. The lowest BCUT2D eigenvalue weighted by Gasteiger charge is -2.38. The largest absolute Gasteiger partial charge is 0.369 e. The zero-order valence-corrected chi connectivity index (χ0v) is 18.5. The van der Waals surface area contributed by atoms with Crippen molar-refractivity contribution in [3.8, 4) is 0 Å². The molecule has 27 heavy (non-hydrogen) atoms. The molecular formula is C20H36Cl2N4O. The van der Waals surface area contributed by atoms with Crippen LogP contribution in [0.2, 0.25) is 0 Å². The number of anilines is 1. The Morgan fingerprint density at radius 3 is 2.19 bits per heavy atom. The Balaban J connectivity index is 0.00000338.